The highest BCUT2D eigenvalue weighted by molar-refractivity contribution is 5.51. The summed E-state index contributed by atoms with van der Waals surface area (Å²) < 4.78 is 5.02. The number of methoxy groups -OCH3 is 1. The van der Waals surface area contributed by atoms with Crippen LogP contribution >= 0.6 is 0 Å². The lowest BCUT2D eigenvalue weighted by molar-refractivity contribution is 0.371. The number of ether oxygens (including phenoxy) is 1. The van der Waals surface area contributed by atoms with Gasteiger partial charge in [0.25, 0.3) is 0 Å². The second kappa shape index (κ2) is 5.92. The molecule has 1 saturated heterocycles. The highest BCUT2D eigenvalue weighted by Crippen LogP contribution is 2.36. The lowest BCUT2D eigenvalue weighted by atomic mass is 10.1. The maximum absolute atomic E-state index is 9.68. The number of hydrogen-bond donors (Lipinski definition) is 2. The second-order valence-corrected chi connectivity index (χ2v) is 4.56. The Labute approximate surface area is 103 Å². The highest BCUT2D eigenvalue weighted by Gasteiger charge is 2.17. The van der Waals surface area contributed by atoms with E-state index in [2.05, 4.69) is 5.32 Å². The van der Waals surface area contributed by atoms with Gasteiger partial charge in [-0.2, -0.15) is 0 Å². The summed E-state index contributed by atoms with van der Waals surface area (Å²) in [6.07, 6.45) is 6.00. The van der Waals surface area contributed by atoms with Gasteiger partial charge in [0.05, 0.1) is 7.11 Å². The van der Waals surface area contributed by atoms with Crippen molar-refractivity contribution in [3.63, 3.8) is 0 Å². The molecule has 1 aromatic carbocycles. The van der Waals surface area contributed by atoms with Crippen LogP contribution in [0.1, 0.15) is 30.4 Å². The molecular formula is C14H21NO2. The predicted molar refractivity (Wildman–Crippen MR) is 68.8 cm³/mol. The van der Waals surface area contributed by atoms with E-state index < -0.39 is 0 Å². The van der Waals surface area contributed by atoms with Gasteiger partial charge in [-0.25, -0.2) is 0 Å². The monoisotopic (exact) mass is 235 g/mol. The van der Waals surface area contributed by atoms with Gasteiger partial charge in [-0.3, -0.25) is 0 Å². The molecule has 0 spiro atoms. The van der Waals surface area contributed by atoms with Gasteiger partial charge in [0, 0.05) is 5.56 Å². The molecule has 1 aliphatic carbocycles. The first-order valence-electron chi connectivity index (χ1n) is 6.41. The predicted octanol–water partition coefficient (Wildman–Crippen LogP) is 2.26. The number of benzene rings is 1. The van der Waals surface area contributed by atoms with Gasteiger partial charge in [-0.15, -0.1) is 0 Å². The van der Waals surface area contributed by atoms with E-state index in [0.29, 0.717) is 11.5 Å². The van der Waals surface area contributed by atoms with E-state index in [-0.39, 0.29) is 0 Å². The van der Waals surface area contributed by atoms with Crippen LogP contribution in [0.5, 0.6) is 11.5 Å². The molecule has 0 saturated carbocycles. The average Bonchev–Trinajstić information content (AvgIpc) is 3.04. The summed E-state index contributed by atoms with van der Waals surface area (Å²) >= 11 is 0. The van der Waals surface area contributed by atoms with E-state index in [1.807, 2.05) is 12.1 Å². The quantitative estimate of drug-likeness (QED) is 0.784. The highest BCUT2D eigenvalue weighted by atomic mass is 16.5. The fourth-order valence-electron chi connectivity index (χ4n) is 2.42. The number of nitrogens with one attached hydrogen (secondary N) is 1. The Hall–Kier alpha value is -1.22. The molecule has 94 valence electrons. The summed E-state index contributed by atoms with van der Waals surface area (Å²) in [6, 6.07) is 3.88. The van der Waals surface area contributed by atoms with Crippen LogP contribution in [-0.2, 0) is 12.8 Å². The van der Waals surface area contributed by atoms with Crippen molar-refractivity contribution in [3.8, 4) is 11.5 Å². The van der Waals surface area contributed by atoms with E-state index in [0.717, 1.165) is 24.8 Å². The van der Waals surface area contributed by atoms with Crippen LogP contribution in [0.2, 0.25) is 0 Å². The van der Waals surface area contributed by atoms with Crippen LogP contribution in [0.3, 0.4) is 0 Å². The van der Waals surface area contributed by atoms with Gasteiger partial charge in [0.2, 0.25) is 0 Å². The molecule has 0 radical (unpaired) electrons. The van der Waals surface area contributed by atoms with E-state index in [1.54, 1.807) is 7.11 Å². The number of phenolic OH excluding ortho intramolecular Hbond substituents is 1. The zero-order chi connectivity index (χ0) is 12.1. The topological polar surface area (TPSA) is 41.5 Å². The molecule has 0 atom stereocenters. The summed E-state index contributed by atoms with van der Waals surface area (Å²) in [7, 11) is 1.58. The molecule has 1 heterocycles. The minimum absolute atomic E-state index is 0.340. The first-order chi connectivity index (χ1) is 8.33. The van der Waals surface area contributed by atoms with Gasteiger partial charge < -0.3 is 15.2 Å². The Balaban J connectivity index is 0.000000181. The van der Waals surface area contributed by atoms with Crippen molar-refractivity contribution in [1.29, 1.82) is 0 Å². The molecule has 1 aromatic rings. The number of aryl methyl sites for hydroxylation is 1. The number of aromatic hydroxyl groups is 1. The van der Waals surface area contributed by atoms with Crippen molar-refractivity contribution in [1.82, 2.24) is 5.32 Å². The first kappa shape index (κ1) is 12.2. The molecule has 2 N–H and O–H groups in total. The first-order valence-corrected chi connectivity index (χ1v) is 6.41. The van der Waals surface area contributed by atoms with E-state index in [4.69, 9.17) is 4.74 Å². The maximum Gasteiger partial charge on any atom is 0.161 e. The minimum atomic E-state index is 0.340. The van der Waals surface area contributed by atoms with Crippen molar-refractivity contribution in [3.05, 3.63) is 23.3 Å². The zero-order valence-corrected chi connectivity index (χ0v) is 10.5. The molecule has 0 amide bonds. The lowest BCUT2D eigenvalue weighted by Gasteiger charge is -2.07. The summed E-state index contributed by atoms with van der Waals surface area (Å²) in [4.78, 5) is 0. The second-order valence-electron chi connectivity index (χ2n) is 4.56. The van der Waals surface area contributed by atoms with Gasteiger partial charge in [0.15, 0.2) is 11.5 Å². The Morgan fingerprint density at radius 2 is 1.88 bits per heavy atom. The van der Waals surface area contributed by atoms with Crippen LogP contribution in [0.15, 0.2) is 12.1 Å². The molecule has 3 heteroatoms. The molecule has 0 bridgehead atoms. The molecular weight excluding hydrogens is 214 g/mol. The molecule has 3 nitrogen and oxygen atoms in total. The number of rotatable bonds is 1. The fraction of sp³-hybridized carbons (Fsp3) is 0.571. The third kappa shape index (κ3) is 2.91. The normalized spacial score (nSPS) is 17.2. The third-order valence-electron chi connectivity index (χ3n) is 3.39. The van der Waals surface area contributed by atoms with E-state index in [1.165, 1.54) is 31.5 Å². The average molecular weight is 235 g/mol. The Kier molecular flexibility index (Phi) is 4.26. The molecule has 0 unspecified atom stereocenters. The van der Waals surface area contributed by atoms with E-state index >= 15 is 0 Å². The largest absolute Gasteiger partial charge is 0.504 e. The SMILES string of the molecule is C1CCNC1.COc1ccc2c(c1O)CCC2. The number of hydrogen-bond acceptors (Lipinski definition) is 3. The summed E-state index contributed by atoms with van der Waals surface area (Å²) in [5, 5.41) is 12.9. The van der Waals surface area contributed by atoms with Gasteiger partial charge in [-0.1, -0.05) is 6.07 Å². The van der Waals surface area contributed by atoms with Crippen molar-refractivity contribution in [2.45, 2.75) is 32.1 Å². The van der Waals surface area contributed by atoms with Crippen LogP contribution in [0.25, 0.3) is 0 Å². The molecule has 1 aliphatic heterocycles. The van der Waals surface area contributed by atoms with Gasteiger partial charge >= 0.3 is 0 Å². The molecule has 2 aliphatic rings. The maximum atomic E-state index is 9.68. The van der Waals surface area contributed by atoms with Crippen LogP contribution in [-0.4, -0.2) is 25.3 Å². The molecule has 17 heavy (non-hydrogen) atoms. The zero-order valence-electron chi connectivity index (χ0n) is 10.5. The Morgan fingerprint density at radius 1 is 1.12 bits per heavy atom. The van der Waals surface area contributed by atoms with Crippen molar-refractivity contribution in [2.24, 2.45) is 0 Å². The number of phenols is 1. The third-order valence-corrected chi connectivity index (χ3v) is 3.39. The molecule has 3 rings (SSSR count). The smallest absolute Gasteiger partial charge is 0.161 e. The summed E-state index contributed by atoms with van der Waals surface area (Å²) in [5.41, 5.74) is 2.35. The minimum Gasteiger partial charge on any atom is -0.504 e. The molecule has 1 fully saturated rings. The van der Waals surface area contributed by atoms with Crippen LogP contribution < -0.4 is 10.1 Å². The van der Waals surface area contributed by atoms with Gasteiger partial charge in [0.1, 0.15) is 0 Å². The summed E-state index contributed by atoms with van der Waals surface area (Å²) in [6.45, 7) is 2.50. The van der Waals surface area contributed by atoms with Crippen molar-refractivity contribution >= 4 is 0 Å². The van der Waals surface area contributed by atoms with Crippen molar-refractivity contribution in [2.75, 3.05) is 20.2 Å². The van der Waals surface area contributed by atoms with Crippen LogP contribution in [0.4, 0.5) is 0 Å². The fourth-order valence-corrected chi connectivity index (χ4v) is 2.42. The van der Waals surface area contributed by atoms with Crippen molar-refractivity contribution < 1.29 is 9.84 Å². The standard InChI is InChI=1S/C10H12O2.C4H9N/c1-12-9-6-5-7-3-2-4-8(7)10(9)11;1-2-4-5-3-1/h5-6,11H,2-4H2,1H3;5H,1-4H2. The van der Waals surface area contributed by atoms with Gasteiger partial charge in [-0.05, 0) is 56.8 Å². The lowest BCUT2D eigenvalue weighted by Crippen LogP contribution is -2.03. The van der Waals surface area contributed by atoms with E-state index in [9.17, 15) is 5.11 Å². The van der Waals surface area contributed by atoms with Crippen LogP contribution in [0, 0.1) is 0 Å². The molecule has 0 aromatic heterocycles. The summed E-state index contributed by atoms with van der Waals surface area (Å²) in [5.74, 6) is 0.933. The Bertz CT molecular complexity index is 365. The Morgan fingerprint density at radius 3 is 2.47 bits per heavy atom. The number of fused-ring (bicyclic) bond motifs is 1.